The van der Waals surface area contributed by atoms with Gasteiger partial charge < -0.3 is 0 Å². The van der Waals surface area contributed by atoms with Crippen LogP contribution in [0.1, 0.15) is 16.5 Å². The van der Waals surface area contributed by atoms with Gasteiger partial charge in [-0.05, 0) is 30.2 Å². The first-order valence-corrected chi connectivity index (χ1v) is 6.72. The van der Waals surface area contributed by atoms with Crippen molar-refractivity contribution in [1.82, 2.24) is 5.43 Å². The highest BCUT2D eigenvalue weighted by atomic mass is 35.5. The summed E-state index contributed by atoms with van der Waals surface area (Å²) < 4.78 is 0.763. The maximum atomic E-state index is 6.13. The van der Waals surface area contributed by atoms with E-state index < -0.39 is 0 Å². The number of nitrogens with two attached hydrogens (primary N) is 1. The van der Waals surface area contributed by atoms with Gasteiger partial charge in [0.2, 0.25) is 0 Å². The van der Waals surface area contributed by atoms with Crippen LogP contribution in [0.3, 0.4) is 0 Å². The Labute approximate surface area is 114 Å². The van der Waals surface area contributed by atoms with Crippen LogP contribution in [0.25, 0.3) is 0 Å². The van der Waals surface area contributed by atoms with E-state index in [1.54, 1.807) is 0 Å². The van der Waals surface area contributed by atoms with E-state index in [9.17, 15) is 0 Å². The topological polar surface area (TPSA) is 38.0 Å². The Morgan fingerprint density at radius 3 is 2.53 bits per heavy atom. The van der Waals surface area contributed by atoms with Gasteiger partial charge >= 0.3 is 0 Å². The van der Waals surface area contributed by atoms with Crippen LogP contribution in [0.5, 0.6) is 0 Å². The van der Waals surface area contributed by atoms with Crippen LogP contribution < -0.4 is 11.3 Å². The van der Waals surface area contributed by atoms with Gasteiger partial charge in [0.25, 0.3) is 0 Å². The molecular weight excluding hydrogens is 275 g/mol. The number of hydrogen-bond donors (Lipinski definition) is 2. The molecule has 0 fully saturated rings. The second-order valence-electron chi connectivity index (χ2n) is 3.66. The predicted molar refractivity (Wildman–Crippen MR) is 74.5 cm³/mol. The fourth-order valence-electron chi connectivity index (χ4n) is 1.64. The summed E-state index contributed by atoms with van der Waals surface area (Å²) in [6.45, 7) is 0. The molecule has 0 amide bonds. The van der Waals surface area contributed by atoms with Crippen molar-refractivity contribution < 1.29 is 0 Å². The first kappa shape index (κ1) is 12.9. The molecule has 1 aromatic heterocycles. The average Bonchev–Trinajstić information content (AvgIpc) is 2.75. The monoisotopic (exact) mass is 286 g/mol. The van der Waals surface area contributed by atoms with E-state index >= 15 is 0 Å². The number of benzene rings is 1. The smallest absolute Gasteiger partial charge is 0.0931 e. The lowest BCUT2D eigenvalue weighted by Gasteiger charge is -2.14. The summed E-state index contributed by atoms with van der Waals surface area (Å²) in [6, 6.07) is 11.7. The Morgan fingerprint density at radius 1 is 1.18 bits per heavy atom. The van der Waals surface area contributed by atoms with Crippen molar-refractivity contribution in [2.45, 2.75) is 12.5 Å². The van der Waals surface area contributed by atoms with Crippen molar-refractivity contribution in [3.8, 4) is 0 Å². The predicted octanol–water partition coefficient (Wildman–Crippen LogP) is 3.80. The summed E-state index contributed by atoms with van der Waals surface area (Å²) in [6.07, 6.45) is 0.743. The molecule has 5 heteroatoms. The molecule has 2 aromatic rings. The van der Waals surface area contributed by atoms with E-state index in [2.05, 4.69) is 5.43 Å². The zero-order valence-electron chi connectivity index (χ0n) is 8.99. The largest absolute Gasteiger partial charge is 0.271 e. The van der Waals surface area contributed by atoms with Crippen LogP contribution in [0.2, 0.25) is 9.36 Å². The standard InChI is InChI=1S/C12H12Cl2N2S/c13-9-4-2-1-3-8(9)7-10(16-15)11-5-6-12(14)17-11/h1-6,10,16H,7,15H2. The fraction of sp³-hybridized carbons (Fsp3) is 0.167. The number of hydrazine groups is 1. The van der Waals surface area contributed by atoms with E-state index in [0.717, 1.165) is 26.2 Å². The summed E-state index contributed by atoms with van der Waals surface area (Å²) in [7, 11) is 0. The van der Waals surface area contributed by atoms with Crippen molar-refractivity contribution in [3.63, 3.8) is 0 Å². The number of rotatable bonds is 4. The maximum absolute atomic E-state index is 6.13. The van der Waals surface area contributed by atoms with Crippen molar-refractivity contribution >= 4 is 34.5 Å². The van der Waals surface area contributed by atoms with Crippen LogP contribution in [-0.2, 0) is 6.42 Å². The minimum absolute atomic E-state index is 0.0346. The lowest BCUT2D eigenvalue weighted by molar-refractivity contribution is 0.561. The highest BCUT2D eigenvalue weighted by Crippen LogP contribution is 2.30. The molecule has 2 rings (SSSR count). The zero-order valence-corrected chi connectivity index (χ0v) is 11.3. The van der Waals surface area contributed by atoms with Gasteiger partial charge in [0.1, 0.15) is 0 Å². The molecule has 0 saturated carbocycles. The van der Waals surface area contributed by atoms with E-state index in [1.165, 1.54) is 11.3 Å². The second kappa shape index (κ2) is 5.85. The van der Waals surface area contributed by atoms with Crippen molar-refractivity contribution in [1.29, 1.82) is 0 Å². The van der Waals surface area contributed by atoms with Crippen molar-refractivity contribution in [3.05, 3.63) is 56.2 Å². The van der Waals surface area contributed by atoms with Crippen LogP contribution >= 0.6 is 34.5 Å². The molecule has 2 nitrogen and oxygen atoms in total. The van der Waals surface area contributed by atoms with Crippen LogP contribution in [0.4, 0.5) is 0 Å². The molecule has 1 heterocycles. The lowest BCUT2D eigenvalue weighted by atomic mass is 10.1. The number of halogens is 2. The zero-order chi connectivity index (χ0) is 12.3. The van der Waals surface area contributed by atoms with Crippen LogP contribution in [-0.4, -0.2) is 0 Å². The molecule has 0 spiro atoms. The molecular formula is C12H12Cl2N2S. The first-order valence-electron chi connectivity index (χ1n) is 5.15. The third-order valence-electron chi connectivity index (χ3n) is 2.52. The third kappa shape index (κ3) is 3.21. The van der Waals surface area contributed by atoms with E-state index in [-0.39, 0.29) is 6.04 Å². The Bertz CT molecular complexity index is 499. The van der Waals surface area contributed by atoms with Crippen LogP contribution in [0, 0.1) is 0 Å². The Kier molecular flexibility index (Phi) is 4.42. The molecule has 1 atom stereocenters. The van der Waals surface area contributed by atoms with Gasteiger partial charge in [0.15, 0.2) is 0 Å². The van der Waals surface area contributed by atoms with Crippen LogP contribution in [0.15, 0.2) is 36.4 Å². The van der Waals surface area contributed by atoms with E-state index in [4.69, 9.17) is 29.0 Å². The van der Waals surface area contributed by atoms with Gasteiger partial charge in [-0.2, -0.15) is 0 Å². The molecule has 3 N–H and O–H groups in total. The molecule has 0 saturated heterocycles. The molecule has 0 aliphatic heterocycles. The second-order valence-corrected chi connectivity index (χ2v) is 5.81. The average molecular weight is 287 g/mol. The Hall–Kier alpha value is -0.580. The molecule has 1 unspecified atom stereocenters. The van der Waals surface area contributed by atoms with Crippen molar-refractivity contribution in [2.24, 2.45) is 5.84 Å². The normalized spacial score (nSPS) is 12.6. The fourth-order valence-corrected chi connectivity index (χ4v) is 2.98. The molecule has 0 bridgehead atoms. The van der Waals surface area contributed by atoms with Gasteiger partial charge in [0, 0.05) is 9.90 Å². The Morgan fingerprint density at radius 2 is 1.94 bits per heavy atom. The molecule has 90 valence electrons. The molecule has 17 heavy (non-hydrogen) atoms. The maximum Gasteiger partial charge on any atom is 0.0931 e. The van der Waals surface area contributed by atoms with E-state index in [0.29, 0.717) is 0 Å². The summed E-state index contributed by atoms with van der Waals surface area (Å²) in [5.41, 5.74) is 3.87. The molecule has 0 radical (unpaired) electrons. The van der Waals surface area contributed by atoms with Gasteiger partial charge in [-0.3, -0.25) is 11.3 Å². The van der Waals surface area contributed by atoms with Gasteiger partial charge in [-0.1, -0.05) is 41.4 Å². The van der Waals surface area contributed by atoms with Gasteiger partial charge in [-0.15, -0.1) is 11.3 Å². The summed E-state index contributed by atoms with van der Waals surface area (Å²) in [5, 5.41) is 0.760. The minimum atomic E-state index is 0.0346. The number of hydrogen-bond acceptors (Lipinski definition) is 3. The Balaban J connectivity index is 2.18. The number of nitrogens with one attached hydrogen (secondary N) is 1. The SMILES string of the molecule is NNC(Cc1ccccc1Cl)c1ccc(Cl)s1. The number of thiophene rings is 1. The highest BCUT2D eigenvalue weighted by Gasteiger charge is 2.14. The minimum Gasteiger partial charge on any atom is -0.271 e. The molecule has 1 aromatic carbocycles. The van der Waals surface area contributed by atoms with E-state index in [1.807, 2.05) is 36.4 Å². The summed E-state index contributed by atoms with van der Waals surface area (Å²) in [5.74, 6) is 5.58. The summed E-state index contributed by atoms with van der Waals surface area (Å²) in [4.78, 5) is 1.11. The third-order valence-corrected chi connectivity index (χ3v) is 4.23. The quantitative estimate of drug-likeness (QED) is 0.663. The van der Waals surface area contributed by atoms with Crippen molar-refractivity contribution in [2.75, 3.05) is 0 Å². The first-order chi connectivity index (χ1) is 8.20. The molecule has 0 aliphatic carbocycles. The highest BCUT2D eigenvalue weighted by molar-refractivity contribution is 7.16. The van der Waals surface area contributed by atoms with Gasteiger partial charge in [0.05, 0.1) is 10.4 Å². The molecule has 0 aliphatic rings. The summed E-state index contributed by atoms with van der Waals surface area (Å²) >= 11 is 13.6. The lowest BCUT2D eigenvalue weighted by Crippen LogP contribution is -2.29. The van der Waals surface area contributed by atoms with Gasteiger partial charge in [-0.25, -0.2) is 0 Å².